The first-order valence-corrected chi connectivity index (χ1v) is 10.9. The number of amides is 1. The molecule has 0 saturated heterocycles. The van der Waals surface area contributed by atoms with Gasteiger partial charge in [0.1, 0.15) is 5.75 Å². The number of halogens is 2. The van der Waals surface area contributed by atoms with E-state index in [1.54, 1.807) is 17.0 Å². The molecule has 0 N–H and O–H groups in total. The third-order valence-electron chi connectivity index (χ3n) is 4.75. The van der Waals surface area contributed by atoms with Crippen molar-refractivity contribution in [3.8, 4) is 17.2 Å². The molecule has 0 spiro atoms. The zero-order chi connectivity index (χ0) is 22.4. The number of carbonyl (C=O) groups is 1. The van der Waals surface area contributed by atoms with Gasteiger partial charge in [-0.1, -0.05) is 35.3 Å². The van der Waals surface area contributed by atoms with Crippen LogP contribution in [0.15, 0.2) is 46.9 Å². The second-order valence-corrected chi connectivity index (χ2v) is 8.27. The third-order valence-corrected chi connectivity index (χ3v) is 5.51. The number of aromatic nitrogens is 2. The molecule has 164 valence electrons. The Morgan fingerprint density at radius 2 is 1.90 bits per heavy atom. The quantitative estimate of drug-likeness (QED) is 0.368. The number of hydrogen-bond donors (Lipinski definition) is 0. The first-order valence-electron chi connectivity index (χ1n) is 10.1. The highest BCUT2D eigenvalue weighted by Gasteiger charge is 2.21. The van der Waals surface area contributed by atoms with Crippen LogP contribution in [0.4, 0.5) is 0 Å². The zero-order valence-electron chi connectivity index (χ0n) is 17.8. The lowest BCUT2D eigenvalue weighted by atomic mass is 10.2. The lowest BCUT2D eigenvalue weighted by Crippen LogP contribution is -2.36. The number of ether oxygens (including phenoxy) is 1. The maximum atomic E-state index is 12.8. The molecular formula is C23H25Cl2N3O3. The standard InChI is InChI=1S/C23H25Cl2N3O3/c1-15(2)28(14-21-26-27-23(31-21)18-7-4-5-8-20(18)25)22(29)9-6-12-30-17-10-11-19(24)16(3)13-17/h4-5,7-8,10-11,13,15H,6,9,12,14H2,1-3H3. The third kappa shape index (κ3) is 6.21. The van der Waals surface area contributed by atoms with E-state index < -0.39 is 0 Å². The van der Waals surface area contributed by atoms with E-state index in [4.69, 9.17) is 32.4 Å². The Labute approximate surface area is 192 Å². The molecule has 1 amide bonds. The second-order valence-electron chi connectivity index (χ2n) is 7.46. The predicted molar refractivity (Wildman–Crippen MR) is 121 cm³/mol. The summed E-state index contributed by atoms with van der Waals surface area (Å²) in [4.78, 5) is 14.5. The van der Waals surface area contributed by atoms with Crippen molar-refractivity contribution in [3.05, 3.63) is 64.0 Å². The molecule has 0 saturated carbocycles. The fraction of sp³-hybridized carbons (Fsp3) is 0.348. The van der Waals surface area contributed by atoms with Crippen molar-refractivity contribution in [2.24, 2.45) is 0 Å². The van der Waals surface area contributed by atoms with Gasteiger partial charge in [-0.2, -0.15) is 0 Å². The first kappa shape index (κ1) is 23.1. The highest BCUT2D eigenvalue weighted by molar-refractivity contribution is 6.33. The molecule has 0 unspecified atom stereocenters. The summed E-state index contributed by atoms with van der Waals surface area (Å²) in [5.41, 5.74) is 1.62. The Bertz CT molecular complexity index is 1040. The van der Waals surface area contributed by atoms with Crippen LogP contribution in [0, 0.1) is 6.92 Å². The molecule has 0 radical (unpaired) electrons. The van der Waals surface area contributed by atoms with Crippen molar-refractivity contribution in [3.63, 3.8) is 0 Å². The fourth-order valence-corrected chi connectivity index (χ4v) is 3.36. The number of nitrogens with zero attached hydrogens (tertiary/aromatic N) is 3. The van der Waals surface area contributed by atoms with Crippen LogP contribution in [-0.2, 0) is 11.3 Å². The van der Waals surface area contributed by atoms with Crippen LogP contribution in [0.25, 0.3) is 11.5 Å². The highest BCUT2D eigenvalue weighted by Crippen LogP contribution is 2.26. The molecule has 1 aromatic heterocycles. The lowest BCUT2D eigenvalue weighted by molar-refractivity contribution is -0.134. The summed E-state index contributed by atoms with van der Waals surface area (Å²) in [6.07, 6.45) is 0.953. The van der Waals surface area contributed by atoms with E-state index >= 15 is 0 Å². The van der Waals surface area contributed by atoms with Crippen LogP contribution in [-0.4, -0.2) is 33.7 Å². The zero-order valence-corrected chi connectivity index (χ0v) is 19.3. The van der Waals surface area contributed by atoms with E-state index in [1.807, 2.05) is 51.1 Å². The number of hydrogen-bond acceptors (Lipinski definition) is 5. The van der Waals surface area contributed by atoms with Gasteiger partial charge in [-0.3, -0.25) is 4.79 Å². The topological polar surface area (TPSA) is 68.5 Å². The molecular weight excluding hydrogens is 437 g/mol. The Hall–Kier alpha value is -2.57. The average Bonchev–Trinajstić information content (AvgIpc) is 3.20. The fourth-order valence-electron chi connectivity index (χ4n) is 3.03. The van der Waals surface area contributed by atoms with E-state index in [2.05, 4.69) is 10.2 Å². The van der Waals surface area contributed by atoms with Crippen LogP contribution >= 0.6 is 23.2 Å². The molecule has 0 atom stereocenters. The van der Waals surface area contributed by atoms with E-state index in [0.29, 0.717) is 46.8 Å². The molecule has 1 heterocycles. The summed E-state index contributed by atoms with van der Waals surface area (Å²) in [5, 5.41) is 9.39. The van der Waals surface area contributed by atoms with E-state index in [-0.39, 0.29) is 18.5 Å². The Morgan fingerprint density at radius 1 is 1.13 bits per heavy atom. The Balaban J connectivity index is 1.55. The molecule has 0 aliphatic heterocycles. The van der Waals surface area contributed by atoms with Gasteiger partial charge in [0.2, 0.25) is 17.7 Å². The van der Waals surface area contributed by atoms with Gasteiger partial charge in [0.05, 0.1) is 23.7 Å². The normalized spacial score (nSPS) is 11.0. The molecule has 0 aliphatic rings. The summed E-state index contributed by atoms with van der Waals surface area (Å²) in [7, 11) is 0. The van der Waals surface area contributed by atoms with Gasteiger partial charge in [-0.25, -0.2) is 0 Å². The Kier molecular flexibility index (Phi) is 7.93. The number of rotatable bonds is 9. The van der Waals surface area contributed by atoms with Crippen molar-refractivity contribution in [1.29, 1.82) is 0 Å². The SMILES string of the molecule is Cc1cc(OCCCC(=O)N(Cc2nnc(-c3ccccc3Cl)o2)C(C)C)ccc1Cl. The summed E-state index contributed by atoms with van der Waals surface area (Å²) in [6, 6.07) is 12.8. The summed E-state index contributed by atoms with van der Waals surface area (Å²) in [5.74, 6) is 1.45. The number of aryl methyl sites for hydroxylation is 1. The van der Waals surface area contributed by atoms with Gasteiger partial charge < -0.3 is 14.1 Å². The maximum Gasteiger partial charge on any atom is 0.249 e. The average molecular weight is 462 g/mol. The van der Waals surface area contributed by atoms with E-state index in [0.717, 1.165) is 11.3 Å². The molecule has 2 aromatic carbocycles. The highest BCUT2D eigenvalue weighted by atomic mass is 35.5. The minimum absolute atomic E-state index is 0.00313. The van der Waals surface area contributed by atoms with Crippen LogP contribution in [0.2, 0.25) is 10.0 Å². The van der Waals surface area contributed by atoms with Gasteiger partial charge >= 0.3 is 0 Å². The molecule has 6 nitrogen and oxygen atoms in total. The number of benzene rings is 2. The van der Waals surface area contributed by atoms with Crippen molar-refractivity contribution < 1.29 is 13.9 Å². The largest absolute Gasteiger partial charge is 0.494 e. The van der Waals surface area contributed by atoms with Crippen molar-refractivity contribution in [1.82, 2.24) is 15.1 Å². The lowest BCUT2D eigenvalue weighted by Gasteiger charge is -2.25. The smallest absolute Gasteiger partial charge is 0.249 e. The van der Waals surface area contributed by atoms with Gasteiger partial charge in [0, 0.05) is 17.5 Å². The van der Waals surface area contributed by atoms with Gasteiger partial charge in [0.15, 0.2) is 0 Å². The molecule has 8 heteroatoms. The molecule has 3 rings (SSSR count). The summed E-state index contributed by atoms with van der Waals surface area (Å²) in [6.45, 7) is 6.52. The monoisotopic (exact) mass is 461 g/mol. The van der Waals surface area contributed by atoms with E-state index in [1.165, 1.54) is 0 Å². The minimum Gasteiger partial charge on any atom is -0.494 e. The van der Waals surface area contributed by atoms with Crippen molar-refractivity contribution in [2.75, 3.05) is 6.61 Å². The van der Waals surface area contributed by atoms with Gasteiger partial charge in [0.25, 0.3) is 0 Å². The van der Waals surface area contributed by atoms with Gasteiger partial charge in [-0.05, 0) is 63.1 Å². The molecule has 0 aliphatic carbocycles. The molecule has 0 bridgehead atoms. The minimum atomic E-state index is -0.0111. The van der Waals surface area contributed by atoms with Crippen LogP contribution in [0.1, 0.15) is 38.1 Å². The van der Waals surface area contributed by atoms with Crippen LogP contribution < -0.4 is 4.74 Å². The van der Waals surface area contributed by atoms with Crippen molar-refractivity contribution in [2.45, 2.75) is 46.2 Å². The maximum absolute atomic E-state index is 12.8. The van der Waals surface area contributed by atoms with Crippen molar-refractivity contribution >= 4 is 29.1 Å². The van der Waals surface area contributed by atoms with E-state index in [9.17, 15) is 4.79 Å². The predicted octanol–water partition coefficient (Wildman–Crippen LogP) is 5.95. The second kappa shape index (κ2) is 10.6. The van der Waals surface area contributed by atoms with Crippen LogP contribution in [0.5, 0.6) is 5.75 Å². The number of carbonyl (C=O) groups excluding carboxylic acids is 1. The molecule has 3 aromatic rings. The first-order chi connectivity index (χ1) is 14.8. The molecule has 0 fully saturated rings. The summed E-state index contributed by atoms with van der Waals surface area (Å²) >= 11 is 12.2. The van der Waals surface area contributed by atoms with Crippen LogP contribution in [0.3, 0.4) is 0 Å². The Morgan fingerprint density at radius 3 is 2.61 bits per heavy atom. The van der Waals surface area contributed by atoms with Gasteiger partial charge in [-0.15, -0.1) is 10.2 Å². The molecule has 31 heavy (non-hydrogen) atoms. The summed E-state index contributed by atoms with van der Waals surface area (Å²) < 4.78 is 11.5.